The summed E-state index contributed by atoms with van der Waals surface area (Å²) in [6.07, 6.45) is 3.77. The van der Waals surface area contributed by atoms with E-state index in [1.165, 1.54) is 0 Å². The minimum Gasteiger partial charge on any atom is -0.481 e. The highest BCUT2D eigenvalue weighted by molar-refractivity contribution is 6.06. The summed E-state index contributed by atoms with van der Waals surface area (Å²) in [5.74, 6) is -0.283. The summed E-state index contributed by atoms with van der Waals surface area (Å²) in [5, 5.41) is 13.4. The van der Waals surface area contributed by atoms with Crippen LogP contribution in [0.5, 0.6) is 0 Å². The molecule has 2 aromatic rings. The van der Waals surface area contributed by atoms with E-state index in [0.717, 1.165) is 55.5 Å². The Morgan fingerprint density at radius 3 is 2.67 bits per heavy atom. The first-order valence-corrected chi connectivity index (χ1v) is 11.5. The van der Waals surface area contributed by atoms with Crippen LogP contribution in [-0.4, -0.2) is 70.7 Å². The Balaban J connectivity index is 1.52. The van der Waals surface area contributed by atoms with E-state index in [0.29, 0.717) is 18.7 Å². The van der Waals surface area contributed by atoms with Crippen molar-refractivity contribution in [1.29, 1.82) is 0 Å². The van der Waals surface area contributed by atoms with Crippen LogP contribution in [0.1, 0.15) is 44.3 Å². The van der Waals surface area contributed by atoms with Gasteiger partial charge in [-0.3, -0.25) is 19.4 Å². The minimum absolute atomic E-state index is 0.0296. The molecule has 1 atom stereocenters. The number of nitrogens with zero attached hydrogens (tertiary/aromatic N) is 3. The molecule has 0 radical (unpaired) electrons. The van der Waals surface area contributed by atoms with Crippen LogP contribution in [-0.2, 0) is 14.4 Å². The zero-order valence-corrected chi connectivity index (χ0v) is 18.9. The van der Waals surface area contributed by atoms with Crippen LogP contribution in [0.25, 0.3) is 11.0 Å². The van der Waals surface area contributed by atoms with Gasteiger partial charge in [0.15, 0.2) is 0 Å². The lowest BCUT2D eigenvalue weighted by Gasteiger charge is -2.25. The number of benzene rings is 1. The molecule has 0 unspecified atom stereocenters. The van der Waals surface area contributed by atoms with Crippen LogP contribution in [0.2, 0.25) is 0 Å². The molecule has 176 valence electrons. The Morgan fingerprint density at radius 2 is 1.91 bits per heavy atom. The minimum atomic E-state index is -1.04. The predicted octanol–water partition coefficient (Wildman–Crippen LogP) is 3.03. The van der Waals surface area contributed by atoms with Gasteiger partial charge in [-0.2, -0.15) is 0 Å². The van der Waals surface area contributed by atoms with E-state index in [9.17, 15) is 19.5 Å². The number of fused-ring (bicyclic) bond motifs is 1. The Bertz CT molecular complexity index is 1070. The zero-order chi connectivity index (χ0) is 23.4. The van der Waals surface area contributed by atoms with Gasteiger partial charge >= 0.3 is 5.97 Å². The SMILES string of the molecule is Cc1cc2cc(NC(CC(=O)O)=N[C@H]3CCCCN(CC(=O)N4CCCC4)C3=O)ccc2o1. The maximum absolute atomic E-state index is 13.2. The Hall–Kier alpha value is -3.36. The second-order valence-electron chi connectivity index (χ2n) is 8.74. The molecule has 9 nitrogen and oxygen atoms in total. The van der Waals surface area contributed by atoms with Gasteiger partial charge in [0.1, 0.15) is 29.6 Å². The molecule has 0 aliphatic carbocycles. The van der Waals surface area contributed by atoms with Crippen molar-refractivity contribution in [3.8, 4) is 0 Å². The van der Waals surface area contributed by atoms with Crippen LogP contribution in [0, 0.1) is 6.92 Å². The van der Waals surface area contributed by atoms with Crippen LogP contribution < -0.4 is 5.32 Å². The molecule has 2 aliphatic rings. The summed E-state index contributed by atoms with van der Waals surface area (Å²) in [5.41, 5.74) is 1.41. The van der Waals surface area contributed by atoms with Crippen LogP contribution in [0.3, 0.4) is 0 Å². The van der Waals surface area contributed by atoms with Crippen LogP contribution >= 0.6 is 0 Å². The zero-order valence-electron chi connectivity index (χ0n) is 18.9. The number of hydrogen-bond acceptors (Lipinski definition) is 5. The summed E-state index contributed by atoms with van der Waals surface area (Å²) in [4.78, 5) is 45.2. The number of carbonyl (C=O) groups excluding carboxylic acids is 2. The van der Waals surface area contributed by atoms with Gasteiger partial charge in [-0.05, 0) is 63.3 Å². The van der Waals surface area contributed by atoms with Crippen LogP contribution in [0.15, 0.2) is 33.7 Å². The molecule has 2 aliphatic heterocycles. The van der Waals surface area contributed by atoms with Crippen molar-refractivity contribution in [1.82, 2.24) is 9.80 Å². The number of rotatable bonds is 6. The van der Waals surface area contributed by atoms with Crippen molar-refractivity contribution < 1.29 is 23.9 Å². The number of carboxylic acids is 1. The summed E-state index contributed by atoms with van der Waals surface area (Å²) in [7, 11) is 0. The first kappa shape index (κ1) is 22.8. The molecule has 0 spiro atoms. The molecule has 2 amide bonds. The molecule has 0 bridgehead atoms. The third kappa shape index (κ3) is 5.71. The molecule has 2 saturated heterocycles. The van der Waals surface area contributed by atoms with Crippen molar-refractivity contribution in [2.45, 2.75) is 51.5 Å². The van der Waals surface area contributed by atoms with Crippen molar-refractivity contribution >= 4 is 40.3 Å². The van der Waals surface area contributed by atoms with Crippen molar-refractivity contribution in [3.63, 3.8) is 0 Å². The standard InChI is InChI=1S/C24H30N4O5/c1-16-12-17-13-18(7-8-20(17)33-16)25-21(14-23(30)31)26-19-6-2-3-11-28(24(19)32)15-22(29)27-9-4-5-10-27/h7-8,12-13,19H,2-6,9-11,14-15H2,1H3,(H,25,26)(H,30,31)/t19-/m0/s1. The van der Waals surface area contributed by atoms with Gasteiger partial charge in [0.25, 0.3) is 0 Å². The number of aliphatic imine (C=N–C) groups is 1. The number of nitrogens with one attached hydrogen (secondary N) is 1. The van der Waals surface area contributed by atoms with E-state index in [4.69, 9.17) is 4.42 Å². The molecule has 2 N–H and O–H groups in total. The molecule has 9 heteroatoms. The summed E-state index contributed by atoms with van der Waals surface area (Å²) in [6, 6.07) is 6.66. The smallest absolute Gasteiger partial charge is 0.311 e. The highest BCUT2D eigenvalue weighted by atomic mass is 16.4. The fourth-order valence-corrected chi connectivity index (χ4v) is 4.47. The third-order valence-electron chi connectivity index (χ3n) is 6.10. The van der Waals surface area contributed by atoms with E-state index >= 15 is 0 Å². The average Bonchev–Trinajstić information content (AvgIpc) is 3.39. The lowest BCUT2D eigenvalue weighted by molar-refractivity contribution is -0.140. The monoisotopic (exact) mass is 454 g/mol. The predicted molar refractivity (Wildman–Crippen MR) is 124 cm³/mol. The molecule has 0 saturated carbocycles. The number of carbonyl (C=O) groups is 3. The van der Waals surface area contributed by atoms with Crippen molar-refractivity contribution in [2.24, 2.45) is 4.99 Å². The molecule has 1 aromatic carbocycles. The molecule has 3 heterocycles. The van der Waals surface area contributed by atoms with Gasteiger partial charge in [-0.25, -0.2) is 0 Å². The second-order valence-corrected chi connectivity index (χ2v) is 8.74. The number of anilines is 1. The average molecular weight is 455 g/mol. The first-order valence-electron chi connectivity index (χ1n) is 11.5. The normalized spacial score (nSPS) is 19.7. The first-order chi connectivity index (χ1) is 15.9. The van der Waals surface area contributed by atoms with Gasteiger partial charge in [0.05, 0.1) is 6.54 Å². The second kappa shape index (κ2) is 10.1. The van der Waals surface area contributed by atoms with Gasteiger partial charge in [0, 0.05) is 30.7 Å². The van der Waals surface area contributed by atoms with Gasteiger partial charge < -0.3 is 24.6 Å². The van der Waals surface area contributed by atoms with Crippen LogP contribution in [0.4, 0.5) is 5.69 Å². The van der Waals surface area contributed by atoms with Gasteiger partial charge in [-0.1, -0.05) is 0 Å². The van der Waals surface area contributed by atoms with Crippen molar-refractivity contribution in [2.75, 3.05) is 31.5 Å². The number of likely N-dealkylation sites (tertiary alicyclic amines) is 2. The number of aliphatic carboxylic acids is 1. The Morgan fingerprint density at radius 1 is 1.15 bits per heavy atom. The van der Waals surface area contributed by atoms with E-state index < -0.39 is 12.0 Å². The van der Waals surface area contributed by atoms with Gasteiger partial charge in [-0.15, -0.1) is 0 Å². The molecule has 2 fully saturated rings. The number of hydrogen-bond donors (Lipinski definition) is 2. The summed E-state index contributed by atoms with van der Waals surface area (Å²) < 4.78 is 5.59. The number of furan rings is 1. The fraction of sp³-hybridized carbons (Fsp3) is 0.500. The fourth-order valence-electron chi connectivity index (χ4n) is 4.47. The largest absolute Gasteiger partial charge is 0.481 e. The molecular formula is C24H30N4O5. The number of aryl methyl sites for hydroxylation is 1. The summed E-state index contributed by atoms with van der Waals surface area (Å²) >= 11 is 0. The number of amidine groups is 1. The Labute approximate surface area is 192 Å². The highest BCUT2D eigenvalue weighted by Crippen LogP contribution is 2.23. The summed E-state index contributed by atoms with van der Waals surface area (Å²) in [6.45, 7) is 3.93. The van der Waals surface area contributed by atoms with Gasteiger partial charge in [0.2, 0.25) is 11.8 Å². The molecule has 33 heavy (non-hydrogen) atoms. The lowest BCUT2D eigenvalue weighted by Crippen LogP contribution is -2.45. The van der Waals surface area contributed by atoms with E-state index in [1.807, 2.05) is 30.0 Å². The van der Waals surface area contributed by atoms with Crippen molar-refractivity contribution in [3.05, 3.63) is 30.0 Å². The third-order valence-corrected chi connectivity index (χ3v) is 6.10. The Kier molecular flexibility index (Phi) is 6.96. The van der Waals surface area contributed by atoms with E-state index in [-0.39, 0.29) is 30.6 Å². The highest BCUT2D eigenvalue weighted by Gasteiger charge is 2.30. The maximum atomic E-state index is 13.2. The molecular weight excluding hydrogens is 424 g/mol. The number of carboxylic acid groups (broad SMARTS) is 1. The topological polar surface area (TPSA) is 115 Å². The van der Waals surface area contributed by atoms with E-state index in [1.54, 1.807) is 11.0 Å². The quantitative estimate of drug-likeness (QED) is 0.512. The molecule has 1 aromatic heterocycles. The maximum Gasteiger partial charge on any atom is 0.311 e. The molecule has 4 rings (SSSR count). The number of amides is 2. The van der Waals surface area contributed by atoms with E-state index in [2.05, 4.69) is 10.3 Å². The lowest BCUT2D eigenvalue weighted by atomic mass is 10.1.